The quantitative estimate of drug-likeness (QED) is 0.324. The maximum atomic E-state index is 12.8. The van der Waals surface area contributed by atoms with E-state index < -0.39 is 8.32 Å². The Hall–Kier alpha value is -1.63. The second-order valence-corrected chi connectivity index (χ2v) is 14.8. The van der Waals surface area contributed by atoms with Gasteiger partial charge in [-0.2, -0.15) is 0 Å². The zero-order chi connectivity index (χ0) is 21.8. The number of carbonyl (C=O) groups excluding carboxylic acids is 1. The van der Waals surface area contributed by atoms with Crippen molar-refractivity contribution in [2.24, 2.45) is 0 Å². The van der Waals surface area contributed by atoms with Gasteiger partial charge in [-0.15, -0.1) is 0 Å². The lowest BCUT2D eigenvalue weighted by Gasteiger charge is -2.44. The third-order valence-corrected chi connectivity index (χ3v) is 11.1. The lowest BCUT2D eigenvalue weighted by molar-refractivity contribution is -0.0376. The molecule has 3 rings (SSSR count). The number of benzene rings is 1. The summed E-state index contributed by atoms with van der Waals surface area (Å²) >= 11 is 0. The molecule has 0 saturated carbocycles. The lowest BCUT2D eigenvalue weighted by atomic mass is 9.92. The summed E-state index contributed by atoms with van der Waals surface area (Å²) in [5.41, 5.74) is 2.42. The third kappa shape index (κ3) is 5.74. The minimum absolute atomic E-state index is 0.0305. The van der Waals surface area contributed by atoms with Crippen molar-refractivity contribution in [3.63, 3.8) is 0 Å². The van der Waals surface area contributed by atoms with Gasteiger partial charge in [0.25, 0.3) is 0 Å². The predicted molar refractivity (Wildman–Crippen MR) is 122 cm³/mol. The molecule has 0 N–H and O–H groups in total. The Labute approximate surface area is 182 Å². The van der Waals surface area contributed by atoms with E-state index in [1.54, 1.807) is 0 Å². The summed E-state index contributed by atoms with van der Waals surface area (Å²) in [6.45, 7) is 13.7. The van der Waals surface area contributed by atoms with Crippen LogP contribution in [-0.4, -0.2) is 51.2 Å². The van der Waals surface area contributed by atoms with Crippen molar-refractivity contribution in [2.75, 3.05) is 19.8 Å². The Morgan fingerprint density at radius 2 is 1.93 bits per heavy atom. The van der Waals surface area contributed by atoms with E-state index in [4.69, 9.17) is 13.9 Å². The standard InChI is InChI=1S/C24H37NO4Si/c1-24(2,3)30(4,5)29-13-9-12-20-14-21-17-27-18-22(15-20)25(21)23(26)28-16-19-10-7-6-8-11-19/h6-8,10-11,14,21-22H,9,12-13,15-18H2,1-5H3. The van der Waals surface area contributed by atoms with Crippen LogP contribution in [0.5, 0.6) is 0 Å². The van der Waals surface area contributed by atoms with Crippen LogP contribution in [0.4, 0.5) is 4.79 Å². The summed E-state index contributed by atoms with van der Waals surface area (Å²) < 4.78 is 17.6. The molecule has 0 spiro atoms. The van der Waals surface area contributed by atoms with Crippen LogP contribution in [0, 0.1) is 0 Å². The number of hydrogen-bond acceptors (Lipinski definition) is 4. The fourth-order valence-corrected chi connectivity index (χ4v) is 4.88. The molecule has 1 amide bonds. The highest BCUT2D eigenvalue weighted by Crippen LogP contribution is 2.37. The number of amides is 1. The molecule has 2 bridgehead atoms. The maximum absolute atomic E-state index is 12.8. The first-order chi connectivity index (χ1) is 14.2. The van der Waals surface area contributed by atoms with Crippen molar-refractivity contribution in [1.29, 1.82) is 0 Å². The van der Waals surface area contributed by atoms with E-state index in [1.807, 2.05) is 35.2 Å². The maximum Gasteiger partial charge on any atom is 0.411 e. The first kappa shape index (κ1) is 23.0. The van der Waals surface area contributed by atoms with Crippen LogP contribution in [0.3, 0.4) is 0 Å². The SMILES string of the molecule is CC(C)(C)[Si](C)(C)OCCCC1=CC2COCC(C1)N2C(=O)OCc1ccccc1. The molecule has 0 aromatic heterocycles. The first-order valence-electron chi connectivity index (χ1n) is 11.1. The van der Waals surface area contributed by atoms with Crippen LogP contribution in [0.15, 0.2) is 42.0 Å². The number of fused-ring (bicyclic) bond motifs is 2. The Bertz CT molecular complexity index is 741. The van der Waals surface area contributed by atoms with Crippen LogP contribution >= 0.6 is 0 Å². The zero-order valence-corrected chi connectivity index (χ0v) is 20.1. The number of hydrogen-bond donors (Lipinski definition) is 0. The van der Waals surface area contributed by atoms with Crippen molar-refractivity contribution in [1.82, 2.24) is 4.90 Å². The van der Waals surface area contributed by atoms with Crippen molar-refractivity contribution >= 4 is 14.4 Å². The van der Waals surface area contributed by atoms with E-state index in [0.717, 1.165) is 31.4 Å². The van der Waals surface area contributed by atoms with Crippen molar-refractivity contribution < 1.29 is 18.7 Å². The lowest BCUT2D eigenvalue weighted by Crippen LogP contribution is -2.56. The largest absolute Gasteiger partial charge is 0.445 e. The summed E-state index contributed by atoms with van der Waals surface area (Å²) in [6.07, 6.45) is 4.88. The molecule has 2 heterocycles. The molecule has 1 aromatic rings. The molecule has 1 fully saturated rings. The minimum Gasteiger partial charge on any atom is -0.445 e. The predicted octanol–water partition coefficient (Wildman–Crippen LogP) is 5.52. The molecule has 2 aliphatic heterocycles. The van der Waals surface area contributed by atoms with Gasteiger partial charge in [0, 0.05) is 6.61 Å². The number of ether oxygens (including phenoxy) is 2. The van der Waals surface area contributed by atoms with Gasteiger partial charge >= 0.3 is 6.09 Å². The molecule has 0 radical (unpaired) electrons. The summed E-state index contributed by atoms with van der Waals surface area (Å²) in [5.74, 6) is 0. The summed E-state index contributed by atoms with van der Waals surface area (Å²) in [7, 11) is -1.69. The molecular weight excluding hydrogens is 394 g/mol. The van der Waals surface area contributed by atoms with E-state index in [0.29, 0.717) is 19.8 Å². The molecule has 6 heteroatoms. The Morgan fingerprint density at radius 3 is 2.60 bits per heavy atom. The molecule has 1 aromatic carbocycles. The van der Waals surface area contributed by atoms with E-state index in [1.165, 1.54) is 5.57 Å². The normalized spacial score (nSPS) is 21.9. The van der Waals surface area contributed by atoms with Crippen LogP contribution in [0.1, 0.15) is 45.6 Å². The van der Waals surface area contributed by atoms with Gasteiger partial charge in [0.2, 0.25) is 0 Å². The van der Waals surface area contributed by atoms with Crippen LogP contribution < -0.4 is 0 Å². The fourth-order valence-electron chi connectivity index (χ4n) is 3.79. The highest BCUT2D eigenvalue weighted by Gasteiger charge is 2.39. The molecule has 2 atom stereocenters. The van der Waals surface area contributed by atoms with Gasteiger partial charge in [-0.05, 0) is 43.0 Å². The van der Waals surface area contributed by atoms with Gasteiger partial charge in [0.05, 0.1) is 25.3 Å². The monoisotopic (exact) mass is 431 g/mol. The van der Waals surface area contributed by atoms with E-state index in [-0.39, 0.29) is 23.2 Å². The second-order valence-electron chi connectivity index (χ2n) is 9.95. The summed E-state index contributed by atoms with van der Waals surface area (Å²) in [6, 6.07) is 9.84. The highest BCUT2D eigenvalue weighted by atomic mass is 28.4. The van der Waals surface area contributed by atoms with Gasteiger partial charge in [0.1, 0.15) is 6.61 Å². The fraction of sp³-hybridized carbons (Fsp3) is 0.625. The molecule has 0 aliphatic carbocycles. The summed E-state index contributed by atoms with van der Waals surface area (Å²) in [5, 5.41) is 0.242. The van der Waals surface area contributed by atoms with Gasteiger partial charge in [-0.3, -0.25) is 4.90 Å². The number of morpholine rings is 1. The molecular formula is C24H37NO4Si. The second kappa shape index (κ2) is 9.67. The first-order valence-corrected chi connectivity index (χ1v) is 14.0. The molecule has 166 valence electrons. The van der Waals surface area contributed by atoms with E-state index >= 15 is 0 Å². The highest BCUT2D eigenvalue weighted by molar-refractivity contribution is 6.74. The van der Waals surface area contributed by atoms with Crippen LogP contribution in [0.25, 0.3) is 0 Å². The Morgan fingerprint density at radius 1 is 1.20 bits per heavy atom. The molecule has 2 aliphatic rings. The smallest absolute Gasteiger partial charge is 0.411 e. The van der Waals surface area contributed by atoms with Crippen molar-refractivity contribution in [3.8, 4) is 0 Å². The third-order valence-electron chi connectivity index (χ3n) is 6.60. The Balaban J connectivity index is 1.51. The average Bonchev–Trinajstić information content (AvgIpc) is 2.68. The van der Waals surface area contributed by atoms with Crippen LogP contribution in [-0.2, 0) is 20.5 Å². The number of nitrogens with zero attached hydrogens (tertiary/aromatic N) is 1. The average molecular weight is 432 g/mol. The van der Waals surface area contributed by atoms with Gasteiger partial charge < -0.3 is 13.9 Å². The van der Waals surface area contributed by atoms with Crippen molar-refractivity contribution in [2.45, 2.75) is 76.9 Å². The Kier molecular flexibility index (Phi) is 7.42. The minimum atomic E-state index is -1.69. The van der Waals surface area contributed by atoms with E-state index in [2.05, 4.69) is 39.9 Å². The number of rotatable bonds is 7. The van der Waals surface area contributed by atoms with E-state index in [9.17, 15) is 4.79 Å². The number of carbonyl (C=O) groups is 1. The van der Waals surface area contributed by atoms with Gasteiger partial charge in [-0.1, -0.05) is 62.8 Å². The molecule has 5 nitrogen and oxygen atoms in total. The topological polar surface area (TPSA) is 48.0 Å². The molecule has 2 unspecified atom stereocenters. The summed E-state index contributed by atoms with van der Waals surface area (Å²) in [4.78, 5) is 14.6. The van der Waals surface area contributed by atoms with Gasteiger partial charge in [-0.25, -0.2) is 4.79 Å². The molecule has 30 heavy (non-hydrogen) atoms. The zero-order valence-electron chi connectivity index (χ0n) is 19.1. The van der Waals surface area contributed by atoms with Gasteiger partial charge in [0.15, 0.2) is 8.32 Å². The molecule has 1 saturated heterocycles. The van der Waals surface area contributed by atoms with Crippen molar-refractivity contribution in [3.05, 3.63) is 47.5 Å². The van der Waals surface area contributed by atoms with Crippen LogP contribution in [0.2, 0.25) is 18.1 Å².